The molecule has 3 aromatic carbocycles. The predicted octanol–water partition coefficient (Wildman–Crippen LogP) is 4.84. The molecule has 0 aromatic heterocycles. The van der Waals surface area contributed by atoms with E-state index in [0.717, 1.165) is 29.8 Å². The summed E-state index contributed by atoms with van der Waals surface area (Å²) >= 11 is 0. The zero-order valence-corrected chi connectivity index (χ0v) is 18.8. The molecule has 0 radical (unpaired) electrons. The summed E-state index contributed by atoms with van der Waals surface area (Å²) in [5, 5.41) is 16.2. The van der Waals surface area contributed by atoms with E-state index in [1.165, 1.54) is 23.8 Å². The summed E-state index contributed by atoms with van der Waals surface area (Å²) < 4.78 is 10.9. The minimum Gasteiger partial charge on any atom is -0.493 e. The number of urea groups is 1. The highest BCUT2D eigenvalue weighted by atomic mass is 16.6. The molecule has 0 spiro atoms. The zero-order valence-electron chi connectivity index (χ0n) is 18.8. The molecule has 174 valence electrons. The molecule has 9 heteroatoms. The van der Waals surface area contributed by atoms with Gasteiger partial charge in [-0.3, -0.25) is 15.1 Å². The molecule has 3 aromatic rings. The molecular formula is C25H24N4O5. The van der Waals surface area contributed by atoms with Gasteiger partial charge >= 0.3 is 6.03 Å². The molecule has 9 nitrogen and oxygen atoms in total. The van der Waals surface area contributed by atoms with Gasteiger partial charge in [-0.2, -0.15) is 0 Å². The summed E-state index contributed by atoms with van der Waals surface area (Å²) in [7, 11) is 3.24. The molecule has 1 aliphatic heterocycles. The maximum Gasteiger partial charge on any atom is 0.323 e. The number of nitrogens with one attached hydrogen (secondary N) is 2. The molecule has 0 atom stereocenters. The second-order valence-electron chi connectivity index (χ2n) is 7.70. The lowest BCUT2D eigenvalue weighted by atomic mass is 9.93. The van der Waals surface area contributed by atoms with Crippen molar-refractivity contribution in [2.24, 2.45) is 4.99 Å². The summed E-state index contributed by atoms with van der Waals surface area (Å²) in [6, 6.07) is 16.7. The number of ether oxygens (including phenoxy) is 2. The van der Waals surface area contributed by atoms with Crippen LogP contribution in [-0.2, 0) is 12.8 Å². The number of hydrogen-bond donors (Lipinski definition) is 2. The van der Waals surface area contributed by atoms with Gasteiger partial charge in [0, 0.05) is 47.7 Å². The van der Waals surface area contributed by atoms with Crippen LogP contribution in [0.3, 0.4) is 0 Å². The van der Waals surface area contributed by atoms with Crippen LogP contribution < -0.4 is 20.1 Å². The highest BCUT2D eigenvalue weighted by Gasteiger charge is 2.19. The molecular weight excluding hydrogens is 436 g/mol. The summed E-state index contributed by atoms with van der Waals surface area (Å²) in [5.41, 5.74) is 5.11. The van der Waals surface area contributed by atoms with Gasteiger partial charge in [-0.25, -0.2) is 4.79 Å². The first-order valence-corrected chi connectivity index (χ1v) is 10.7. The van der Waals surface area contributed by atoms with Crippen molar-refractivity contribution in [1.82, 2.24) is 0 Å². The van der Waals surface area contributed by atoms with E-state index in [1.54, 1.807) is 32.4 Å². The van der Waals surface area contributed by atoms with Crippen molar-refractivity contribution in [1.29, 1.82) is 0 Å². The number of carbonyl (C=O) groups excluding carboxylic acids is 1. The highest BCUT2D eigenvalue weighted by Crippen LogP contribution is 2.33. The maximum atomic E-state index is 12.3. The van der Waals surface area contributed by atoms with E-state index in [-0.39, 0.29) is 5.69 Å². The van der Waals surface area contributed by atoms with Crippen molar-refractivity contribution in [3.63, 3.8) is 0 Å². The molecule has 2 N–H and O–H groups in total. The fourth-order valence-electron chi connectivity index (χ4n) is 3.83. The number of methoxy groups -OCH3 is 2. The van der Waals surface area contributed by atoms with Gasteiger partial charge in [-0.05, 0) is 47.9 Å². The molecule has 0 saturated carbocycles. The second-order valence-corrected chi connectivity index (χ2v) is 7.70. The molecule has 4 rings (SSSR count). The third kappa shape index (κ3) is 5.15. The van der Waals surface area contributed by atoms with E-state index in [0.29, 0.717) is 29.3 Å². The molecule has 0 aliphatic carbocycles. The van der Waals surface area contributed by atoms with E-state index in [2.05, 4.69) is 10.6 Å². The Morgan fingerprint density at radius 1 is 1.00 bits per heavy atom. The standard InChI is InChI=1S/C25H24N4O5/c1-33-23-13-17-10-11-26-22(21(17)15-24(23)34-2)12-16-6-8-18(9-7-16)27-25(30)28-19-4-3-5-20(14-19)29(31)32/h3-9,13-15H,10-12H2,1-2H3,(H2,27,28,30). The monoisotopic (exact) mass is 460 g/mol. The minimum atomic E-state index is -0.511. The number of non-ortho nitro benzene ring substituents is 1. The normalized spacial score (nSPS) is 12.2. The van der Waals surface area contributed by atoms with Crippen LogP contribution in [0.15, 0.2) is 65.7 Å². The maximum absolute atomic E-state index is 12.3. The van der Waals surface area contributed by atoms with Crippen LogP contribution >= 0.6 is 0 Å². The number of hydrogen-bond acceptors (Lipinski definition) is 6. The van der Waals surface area contributed by atoms with E-state index in [4.69, 9.17) is 14.5 Å². The first-order valence-electron chi connectivity index (χ1n) is 10.7. The van der Waals surface area contributed by atoms with Crippen molar-refractivity contribution in [3.8, 4) is 11.5 Å². The predicted molar refractivity (Wildman–Crippen MR) is 131 cm³/mol. The van der Waals surface area contributed by atoms with Gasteiger partial charge in [-0.1, -0.05) is 18.2 Å². The lowest BCUT2D eigenvalue weighted by Gasteiger charge is -2.20. The van der Waals surface area contributed by atoms with Crippen LogP contribution in [0.2, 0.25) is 0 Å². The Morgan fingerprint density at radius 3 is 2.41 bits per heavy atom. The Kier molecular flexibility index (Phi) is 6.72. The molecule has 0 fully saturated rings. The van der Waals surface area contributed by atoms with Crippen LogP contribution in [-0.4, -0.2) is 37.4 Å². The zero-order chi connectivity index (χ0) is 24.1. The van der Waals surface area contributed by atoms with Gasteiger partial charge in [0.1, 0.15) is 0 Å². The molecule has 2 amide bonds. The minimum absolute atomic E-state index is 0.0922. The van der Waals surface area contributed by atoms with Crippen molar-refractivity contribution in [2.75, 3.05) is 31.4 Å². The van der Waals surface area contributed by atoms with Gasteiger partial charge in [0.2, 0.25) is 0 Å². The summed E-state index contributed by atoms with van der Waals surface area (Å²) in [4.78, 5) is 27.4. The van der Waals surface area contributed by atoms with Gasteiger partial charge < -0.3 is 20.1 Å². The van der Waals surface area contributed by atoms with Gasteiger partial charge in [-0.15, -0.1) is 0 Å². The number of anilines is 2. The van der Waals surface area contributed by atoms with Crippen molar-refractivity contribution in [3.05, 3.63) is 87.5 Å². The summed E-state index contributed by atoms with van der Waals surface area (Å²) in [5.74, 6) is 1.38. The number of carbonyl (C=O) groups is 1. The van der Waals surface area contributed by atoms with Crippen molar-refractivity contribution < 1.29 is 19.2 Å². The van der Waals surface area contributed by atoms with E-state index in [9.17, 15) is 14.9 Å². The van der Waals surface area contributed by atoms with Crippen LogP contribution in [0.4, 0.5) is 21.9 Å². The Hall–Kier alpha value is -4.40. The number of fused-ring (bicyclic) bond motifs is 1. The van der Waals surface area contributed by atoms with Gasteiger partial charge in [0.15, 0.2) is 11.5 Å². The number of amides is 2. The fraction of sp³-hybridized carbons (Fsp3) is 0.200. The molecule has 0 bridgehead atoms. The molecule has 1 heterocycles. The Bertz CT molecular complexity index is 1250. The van der Waals surface area contributed by atoms with Crippen LogP contribution in [0.1, 0.15) is 16.7 Å². The summed E-state index contributed by atoms with van der Waals surface area (Å²) in [6.07, 6.45) is 1.49. The van der Waals surface area contributed by atoms with Gasteiger partial charge in [0.25, 0.3) is 5.69 Å². The second kappa shape index (κ2) is 10.0. The lowest BCUT2D eigenvalue weighted by Crippen LogP contribution is -2.19. The van der Waals surface area contributed by atoms with Crippen molar-refractivity contribution in [2.45, 2.75) is 12.8 Å². The Morgan fingerprint density at radius 2 is 1.71 bits per heavy atom. The lowest BCUT2D eigenvalue weighted by molar-refractivity contribution is -0.384. The number of nitro benzene ring substituents is 1. The van der Waals surface area contributed by atoms with Crippen LogP contribution in [0, 0.1) is 10.1 Å². The molecule has 0 unspecified atom stereocenters. The van der Waals surface area contributed by atoms with Crippen LogP contribution in [0.5, 0.6) is 11.5 Å². The Labute approximate surface area is 196 Å². The quantitative estimate of drug-likeness (QED) is 0.387. The molecule has 1 aliphatic rings. The topological polar surface area (TPSA) is 115 Å². The number of nitro groups is 1. The third-order valence-electron chi connectivity index (χ3n) is 5.50. The Balaban J connectivity index is 1.42. The van der Waals surface area contributed by atoms with Crippen LogP contribution in [0.25, 0.3) is 0 Å². The SMILES string of the molecule is COc1cc2c(cc1OC)C(Cc1ccc(NC(=O)Nc3cccc([N+](=O)[O-])c3)cc1)=NCC2. The fourth-order valence-corrected chi connectivity index (χ4v) is 3.83. The van der Waals surface area contributed by atoms with E-state index >= 15 is 0 Å². The smallest absolute Gasteiger partial charge is 0.323 e. The summed E-state index contributed by atoms with van der Waals surface area (Å²) in [6.45, 7) is 0.718. The number of benzene rings is 3. The van der Waals surface area contributed by atoms with E-state index in [1.807, 2.05) is 24.3 Å². The molecule has 34 heavy (non-hydrogen) atoms. The third-order valence-corrected chi connectivity index (χ3v) is 5.50. The first kappa shape index (κ1) is 22.8. The molecule has 0 saturated heterocycles. The van der Waals surface area contributed by atoms with E-state index < -0.39 is 11.0 Å². The highest BCUT2D eigenvalue weighted by molar-refractivity contribution is 6.04. The number of nitrogens with zero attached hydrogens (tertiary/aromatic N) is 2. The largest absolute Gasteiger partial charge is 0.493 e. The van der Waals surface area contributed by atoms with Crippen molar-refractivity contribution >= 4 is 28.8 Å². The average Bonchev–Trinajstić information content (AvgIpc) is 2.84. The number of aliphatic imine (C=N–C) groups is 1. The first-order chi connectivity index (χ1) is 16.5. The average molecular weight is 460 g/mol. The number of rotatable bonds is 7. The van der Waals surface area contributed by atoms with Gasteiger partial charge in [0.05, 0.1) is 19.1 Å².